The summed E-state index contributed by atoms with van der Waals surface area (Å²) >= 11 is 0. The van der Waals surface area contributed by atoms with Crippen LogP contribution in [0.2, 0.25) is 0 Å². The van der Waals surface area contributed by atoms with Crippen molar-refractivity contribution >= 4 is 12.1 Å². The van der Waals surface area contributed by atoms with Gasteiger partial charge in [-0.2, -0.15) is 0 Å². The number of ether oxygens (including phenoxy) is 1. The summed E-state index contributed by atoms with van der Waals surface area (Å²) in [5.74, 6) is 6.42. The number of guanidine groups is 1. The Morgan fingerprint density at radius 3 is 2.17 bits per heavy atom. The number of carbonyl (C=O) groups excluding carboxylic acids is 1. The van der Waals surface area contributed by atoms with E-state index in [0.29, 0.717) is 0 Å². The molecule has 3 aromatic rings. The molecule has 1 atom stereocenters. The fourth-order valence-corrected chi connectivity index (χ4v) is 2.77. The first kappa shape index (κ1) is 20.7. The molecule has 150 valence electrons. The molecule has 5 heteroatoms. The van der Waals surface area contributed by atoms with Gasteiger partial charge in [-0.1, -0.05) is 90.7 Å². The number of carbonyl (C=O) groups is 1. The Balaban J connectivity index is 1.76. The molecule has 30 heavy (non-hydrogen) atoms. The van der Waals surface area contributed by atoms with Gasteiger partial charge in [0.15, 0.2) is 0 Å². The van der Waals surface area contributed by atoms with Gasteiger partial charge in [0.25, 0.3) is 0 Å². The summed E-state index contributed by atoms with van der Waals surface area (Å²) in [4.78, 5) is 17.7. The van der Waals surface area contributed by atoms with Gasteiger partial charge in [-0.3, -0.25) is 0 Å². The highest BCUT2D eigenvalue weighted by molar-refractivity contribution is 5.89. The van der Waals surface area contributed by atoms with E-state index in [1.54, 1.807) is 11.9 Å². The van der Waals surface area contributed by atoms with Gasteiger partial charge in [-0.25, -0.2) is 4.79 Å². The highest BCUT2D eigenvalue weighted by atomic mass is 16.5. The molecule has 1 unspecified atom stereocenters. The number of hydrogen-bond donors (Lipinski definition) is 1. The van der Waals surface area contributed by atoms with Gasteiger partial charge in [0.05, 0.1) is 0 Å². The van der Waals surface area contributed by atoms with Crippen LogP contribution in [0.1, 0.15) is 22.7 Å². The van der Waals surface area contributed by atoms with Crippen LogP contribution >= 0.6 is 0 Å². The minimum Gasteiger partial charge on any atom is -0.443 e. The average Bonchev–Trinajstić information content (AvgIpc) is 2.80. The lowest BCUT2D eigenvalue weighted by atomic mass is 10.1. The first-order valence-electron chi connectivity index (χ1n) is 9.52. The Morgan fingerprint density at radius 1 is 0.967 bits per heavy atom. The van der Waals surface area contributed by atoms with Gasteiger partial charge < -0.3 is 15.4 Å². The molecule has 2 N–H and O–H groups in total. The third kappa shape index (κ3) is 5.98. The number of nitrogens with zero attached hydrogens (tertiary/aromatic N) is 2. The summed E-state index contributed by atoms with van der Waals surface area (Å²) in [6.07, 6.45) is -0.744. The quantitative estimate of drug-likeness (QED) is 0.403. The second kappa shape index (κ2) is 10.5. The zero-order chi connectivity index (χ0) is 21.2. The molecule has 1 amide bonds. The van der Waals surface area contributed by atoms with Crippen molar-refractivity contribution in [3.63, 3.8) is 0 Å². The van der Waals surface area contributed by atoms with Crippen molar-refractivity contribution in [3.05, 3.63) is 108 Å². The Morgan fingerprint density at radius 2 is 1.53 bits per heavy atom. The lowest BCUT2D eigenvalue weighted by molar-refractivity contribution is 0.150. The molecule has 0 radical (unpaired) electrons. The minimum absolute atomic E-state index is 0.0317. The van der Waals surface area contributed by atoms with Crippen molar-refractivity contribution in [1.82, 2.24) is 4.90 Å². The van der Waals surface area contributed by atoms with E-state index in [2.05, 4.69) is 16.8 Å². The lowest BCUT2D eigenvalue weighted by Gasteiger charge is -2.25. The zero-order valence-electron chi connectivity index (χ0n) is 16.7. The molecular formula is C25H23N3O2. The number of rotatable bonds is 4. The Hall–Kier alpha value is -4.04. The predicted molar refractivity (Wildman–Crippen MR) is 119 cm³/mol. The maximum atomic E-state index is 12.1. The third-order valence-corrected chi connectivity index (χ3v) is 4.40. The molecule has 0 bridgehead atoms. The molecule has 5 nitrogen and oxygen atoms in total. The molecule has 0 aliphatic carbocycles. The largest absolute Gasteiger partial charge is 0.443 e. The van der Waals surface area contributed by atoms with E-state index in [9.17, 15) is 4.79 Å². The van der Waals surface area contributed by atoms with E-state index in [1.165, 1.54) is 0 Å². The maximum Gasteiger partial charge on any atom is 0.437 e. The number of benzene rings is 3. The van der Waals surface area contributed by atoms with Crippen molar-refractivity contribution in [3.8, 4) is 11.8 Å². The highest BCUT2D eigenvalue weighted by Crippen LogP contribution is 2.18. The van der Waals surface area contributed by atoms with Gasteiger partial charge in [-0.15, -0.1) is 4.99 Å². The maximum absolute atomic E-state index is 12.1. The summed E-state index contributed by atoms with van der Waals surface area (Å²) in [5.41, 5.74) is 8.82. The molecule has 3 rings (SSSR count). The Bertz CT molecular complexity index is 1040. The van der Waals surface area contributed by atoms with Crippen LogP contribution in [0.3, 0.4) is 0 Å². The molecule has 0 saturated heterocycles. The molecule has 0 fully saturated rings. The zero-order valence-corrected chi connectivity index (χ0v) is 16.7. The molecular weight excluding hydrogens is 374 g/mol. The first-order valence-corrected chi connectivity index (χ1v) is 9.52. The number of aliphatic imine (C=N–C) groups is 1. The normalized spacial score (nSPS) is 11.7. The molecule has 0 aromatic heterocycles. The SMILES string of the molecule is CN(/C(N)=N/C(=O)OCc1ccccc1)C(C#Cc1ccccc1)c1ccccc1. The van der Waals surface area contributed by atoms with Crippen molar-refractivity contribution in [2.45, 2.75) is 12.6 Å². The van der Waals surface area contributed by atoms with Crippen LogP contribution < -0.4 is 5.73 Å². The van der Waals surface area contributed by atoms with Crippen molar-refractivity contribution < 1.29 is 9.53 Å². The lowest BCUT2D eigenvalue weighted by Crippen LogP contribution is -2.37. The van der Waals surface area contributed by atoms with Gasteiger partial charge in [0.1, 0.15) is 12.6 Å². The average molecular weight is 397 g/mol. The van der Waals surface area contributed by atoms with Gasteiger partial charge in [0.2, 0.25) is 5.96 Å². The highest BCUT2D eigenvalue weighted by Gasteiger charge is 2.17. The number of hydrogen-bond acceptors (Lipinski definition) is 2. The fourth-order valence-electron chi connectivity index (χ4n) is 2.77. The smallest absolute Gasteiger partial charge is 0.437 e. The van der Waals surface area contributed by atoms with Crippen LogP contribution in [0.15, 0.2) is 96.0 Å². The molecule has 0 aliphatic rings. The van der Waals surface area contributed by atoms with Crippen molar-refractivity contribution in [2.24, 2.45) is 10.7 Å². The van der Waals surface area contributed by atoms with Crippen LogP contribution in [0.5, 0.6) is 0 Å². The van der Waals surface area contributed by atoms with E-state index in [4.69, 9.17) is 10.5 Å². The Labute approximate surface area is 176 Å². The van der Waals surface area contributed by atoms with Crippen molar-refractivity contribution in [2.75, 3.05) is 7.05 Å². The number of nitrogens with two attached hydrogens (primary N) is 1. The van der Waals surface area contributed by atoms with Gasteiger partial charge in [0, 0.05) is 12.6 Å². The van der Waals surface area contributed by atoms with Crippen LogP contribution in [0, 0.1) is 11.8 Å². The van der Waals surface area contributed by atoms with Crippen LogP contribution in [0.25, 0.3) is 0 Å². The molecule has 0 spiro atoms. The van der Waals surface area contributed by atoms with Gasteiger partial charge in [-0.05, 0) is 23.3 Å². The van der Waals surface area contributed by atoms with E-state index >= 15 is 0 Å². The molecule has 0 aliphatic heterocycles. The van der Waals surface area contributed by atoms with E-state index < -0.39 is 6.09 Å². The molecule has 0 heterocycles. The predicted octanol–water partition coefficient (Wildman–Crippen LogP) is 4.36. The standard InChI is InChI=1S/C25H23N3O2/c1-28(24(26)27-25(29)30-19-21-13-7-3-8-14-21)23(22-15-9-4-10-16-22)18-17-20-11-5-2-6-12-20/h2-16,23H,19H2,1H3,(H2,26,27,29). The van der Waals surface area contributed by atoms with E-state index in [0.717, 1.165) is 16.7 Å². The summed E-state index contributed by atoms with van der Waals surface area (Å²) in [6, 6.07) is 28.4. The molecule has 3 aromatic carbocycles. The second-order valence-corrected chi connectivity index (χ2v) is 6.57. The monoisotopic (exact) mass is 397 g/mol. The fraction of sp³-hybridized carbons (Fsp3) is 0.120. The van der Waals surface area contributed by atoms with Crippen LogP contribution in [-0.4, -0.2) is 24.0 Å². The minimum atomic E-state index is -0.744. The first-order chi connectivity index (χ1) is 14.6. The Kier molecular flexibility index (Phi) is 7.23. The van der Waals surface area contributed by atoms with E-state index in [1.807, 2.05) is 91.0 Å². The molecule has 0 saturated carbocycles. The van der Waals surface area contributed by atoms with E-state index in [-0.39, 0.29) is 18.6 Å². The van der Waals surface area contributed by atoms with Gasteiger partial charge >= 0.3 is 6.09 Å². The topological polar surface area (TPSA) is 67.9 Å². The van der Waals surface area contributed by atoms with Crippen LogP contribution in [-0.2, 0) is 11.3 Å². The van der Waals surface area contributed by atoms with Crippen molar-refractivity contribution in [1.29, 1.82) is 0 Å². The second-order valence-electron chi connectivity index (χ2n) is 6.57. The summed E-state index contributed by atoms with van der Waals surface area (Å²) in [5, 5.41) is 0. The summed E-state index contributed by atoms with van der Waals surface area (Å²) in [6.45, 7) is 0.135. The van der Waals surface area contributed by atoms with Crippen LogP contribution in [0.4, 0.5) is 4.79 Å². The summed E-state index contributed by atoms with van der Waals surface area (Å²) < 4.78 is 5.19. The third-order valence-electron chi connectivity index (χ3n) is 4.40. The number of amides is 1. The summed E-state index contributed by atoms with van der Waals surface area (Å²) in [7, 11) is 1.75.